The van der Waals surface area contributed by atoms with Gasteiger partial charge >= 0.3 is 5.97 Å². The Hall–Kier alpha value is -2.41. The summed E-state index contributed by atoms with van der Waals surface area (Å²) in [5, 5.41) is 9.30. The standard InChI is InChI=1S/C19H26N4O3/c1-3-18-21-13(2)16(22-18)12-23-8-6-17(14(11-23)9-19(24)25)26-15-5-4-7-20-10-15/h4-5,7,10,14,17H,3,6,8-9,11-12H2,1-2H3,(H,21,22)(H,24,25)/t14-,17-/m1/s1. The molecule has 1 saturated heterocycles. The van der Waals surface area contributed by atoms with E-state index in [0.717, 1.165) is 43.1 Å². The van der Waals surface area contributed by atoms with E-state index in [2.05, 4.69) is 26.8 Å². The molecule has 3 rings (SSSR count). The zero-order chi connectivity index (χ0) is 18.5. The van der Waals surface area contributed by atoms with Crippen LogP contribution in [0.4, 0.5) is 0 Å². The van der Waals surface area contributed by atoms with Crippen molar-refractivity contribution in [3.05, 3.63) is 41.7 Å². The van der Waals surface area contributed by atoms with Gasteiger partial charge < -0.3 is 14.8 Å². The summed E-state index contributed by atoms with van der Waals surface area (Å²) < 4.78 is 6.04. The van der Waals surface area contributed by atoms with Crippen molar-refractivity contribution in [3.63, 3.8) is 0 Å². The third-order valence-electron chi connectivity index (χ3n) is 4.85. The molecule has 0 radical (unpaired) electrons. The van der Waals surface area contributed by atoms with Gasteiger partial charge in [-0.1, -0.05) is 6.92 Å². The summed E-state index contributed by atoms with van der Waals surface area (Å²) in [6.45, 7) is 6.39. The molecule has 26 heavy (non-hydrogen) atoms. The van der Waals surface area contributed by atoms with Crippen LogP contribution in [0.2, 0.25) is 0 Å². The van der Waals surface area contributed by atoms with Crippen LogP contribution >= 0.6 is 0 Å². The molecule has 0 saturated carbocycles. The SMILES string of the molecule is CCc1nc(CN2CC[C@@H](Oc3cccnc3)[C@H](CC(=O)O)C2)c(C)[nH]1. The van der Waals surface area contributed by atoms with Crippen molar-refractivity contribution in [2.24, 2.45) is 5.92 Å². The summed E-state index contributed by atoms with van der Waals surface area (Å²) in [5.41, 5.74) is 2.13. The third kappa shape index (κ3) is 4.60. The van der Waals surface area contributed by atoms with Crippen molar-refractivity contribution in [3.8, 4) is 5.75 Å². The highest BCUT2D eigenvalue weighted by Crippen LogP contribution is 2.26. The van der Waals surface area contributed by atoms with Crippen molar-refractivity contribution in [2.45, 2.75) is 45.8 Å². The number of aryl methyl sites for hydroxylation is 2. The first-order chi connectivity index (χ1) is 12.5. The van der Waals surface area contributed by atoms with Crippen LogP contribution in [0.15, 0.2) is 24.5 Å². The van der Waals surface area contributed by atoms with E-state index in [1.54, 1.807) is 12.4 Å². The molecule has 2 aromatic rings. The van der Waals surface area contributed by atoms with Gasteiger partial charge in [0.15, 0.2) is 0 Å². The van der Waals surface area contributed by atoms with Crippen LogP contribution in [0.25, 0.3) is 0 Å². The van der Waals surface area contributed by atoms with Crippen LogP contribution < -0.4 is 4.74 Å². The topological polar surface area (TPSA) is 91.3 Å². The van der Waals surface area contributed by atoms with Gasteiger partial charge in [-0.3, -0.25) is 14.7 Å². The Morgan fingerprint density at radius 1 is 1.50 bits per heavy atom. The van der Waals surface area contributed by atoms with Gasteiger partial charge in [0.2, 0.25) is 0 Å². The van der Waals surface area contributed by atoms with E-state index in [-0.39, 0.29) is 18.4 Å². The molecule has 7 nitrogen and oxygen atoms in total. The second kappa shape index (κ2) is 8.31. The molecule has 0 unspecified atom stereocenters. The Labute approximate surface area is 153 Å². The maximum atomic E-state index is 11.3. The number of hydrogen-bond acceptors (Lipinski definition) is 5. The first-order valence-electron chi connectivity index (χ1n) is 9.10. The van der Waals surface area contributed by atoms with Crippen molar-refractivity contribution in [2.75, 3.05) is 13.1 Å². The number of pyridine rings is 1. The van der Waals surface area contributed by atoms with Crippen molar-refractivity contribution >= 4 is 5.97 Å². The molecule has 0 aromatic carbocycles. The average molecular weight is 358 g/mol. The molecule has 3 heterocycles. The van der Waals surface area contributed by atoms with E-state index in [1.165, 1.54) is 0 Å². The van der Waals surface area contributed by atoms with Gasteiger partial charge in [-0.25, -0.2) is 4.98 Å². The number of aromatic nitrogens is 3. The number of ether oxygens (including phenoxy) is 1. The summed E-state index contributed by atoms with van der Waals surface area (Å²) >= 11 is 0. The fourth-order valence-corrected chi connectivity index (χ4v) is 3.49. The number of aliphatic carboxylic acids is 1. The molecule has 7 heteroatoms. The number of piperidine rings is 1. The lowest BCUT2D eigenvalue weighted by atomic mass is 9.91. The quantitative estimate of drug-likeness (QED) is 0.790. The second-order valence-electron chi connectivity index (χ2n) is 6.84. The number of carboxylic acids is 1. The van der Waals surface area contributed by atoms with Gasteiger partial charge in [0.25, 0.3) is 0 Å². The number of likely N-dealkylation sites (tertiary alicyclic amines) is 1. The smallest absolute Gasteiger partial charge is 0.303 e. The normalized spacial score (nSPS) is 20.8. The summed E-state index contributed by atoms with van der Waals surface area (Å²) in [5.74, 6) is 0.832. The van der Waals surface area contributed by atoms with Crippen LogP contribution in [0.3, 0.4) is 0 Å². The molecule has 2 N–H and O–H groups in total. The van der Waals surface area contributed by atoms with Crippen molar-refractivity contribution < 1.29 is 14.6 Å². The molecule has 140 valence electrons. The molecule has 1 aliphatic rings. The van der Waals surface area contributed by atoms with Gasteiger partial charge in [0.1, 0.15) is 17.7 Å². The highest BCUT2D eigenvalue weighted by molar-refractivity contribution is 5.67. The number of nitrogens with one attached hydrogen (secondary N) is 1. The molecule has 2 aromatic heterocycles. The minimum atomic E-state index is -0.791. The summed E-state index contributed by atoms with van der Waals surface area (Å²) in [7, 11) is 0. The fraction of sp³-hybridized carbons (Fsp3) is 0.526. The van der Waals surface area contributed by atoms with Crippen LogP contribution in [-0.2, 0) is 17.8 Å². The first kappa shape index (κ1) is 18.4. The molecule has 1 fully saturated rings. The van der Waals surface area contributed by atoms with Crippen LogP contribution in [-0.4, -0.2) is 50.1 Å². The van der Waals surface area contributed by atoms with Gasteiger partial charge in [-0.15, -0.1) is 0 Å². The summed E-state index contributed by atoms with van der Waals surface area (Å²) in [6, 6.07) is 3.68. The molecule has 0 amide bonds. The molecule has 0 bridgehead atoms. The maximum absolute atomic E-state index is 11.3. The maximum Gasteiger partial charge on any atom is 0.303 e. The Balaban J connectivity index is 1.66. The van der Waals surface area contributed by atoms with Crippen LogP contribution in [0, 0.1) is 12.8 Å². The molecule has 0 spiro atoms. The largest absolute Gasteiger partial charge is 0.488 e. The predicted molar refractivity (Wildman–Crippen MR) is 97.0 cm³/mol. The number of carbonyl (C=O) groups is 1. The van der Waals surface area contributed by atoms with E-state index in [1.807, 2.05) is 19.1 Å². The lowest BCUT2D eigenvalue weighted by Gasteiger charge is -2.37. The Bertz CT molecular complexity index is 732. The van der Waals surface area contributed by atoms with Crippen LogP contribution in [0.5, 0.6) is 5.75 Å². The highest BCUT2D eigenvalue weighted by Gasteiger charge is 2.33. The van der Waals surface area contributed by atoms with Crippen LogP contribution in [0.1, 0.15) is 37.0 Å². The predicted octanol–water partition coefficient (Wildman–Crippen LogP) is 2.42. The number of rotatable bonds is 7. The minimum absolute atomic E-state index is 0.0636. The Morgan fingerprint density at radius 2 is 2.35 bits per heavy atom. The molecular formula is C19H26N4O3. The van der Waals surface area contributed by atoms with Gasteiger partial charge in [-0.2, -0.15) is 0 Å². The zero-order valence-corrected chi connectivity index (χ0v) is 15.3. The van der Waals surface area contributed by atoms with E-state index in [9.17, 15) is 9.90 Å². The molecule has 0 aliphatic carbocycles. The summed E-state index contributed by atoms with van der Waals surface area (Å²) in [6.07, 6.45) is 5.02. The number of hydrogen-bond donors (Lipinski definition) is 2. The van der Waals surface area contributed by atoms with E-state index < -0.39 is 5.97 Å². The van der Waals surface area contributed by atoms with E-state index in [0.29, 0.717) is 12.3 Å². The van der Waals surface area contributed by atoms with Crippen molar-refractivity contribution in [1.29, 1.82) is 0 Å². The van der Waals surface area contributed by atoms with Gasteiger partial charge in [0, 0.05) is 43.9 Å². The lowest BCUT2D eigenvalue weighted by Crippen LogP contribution is -2.46. The fourth-order valence-electron chi connectivity index (χ4n) is 3.49. The molecule has 2 atom stereocenters. The van der Waals surface area contributed by atoms with E-state index >= 15 is 0 Å². The highest BCUT2D eigenvalue weighted by atomic mass is 16.5. The summed E-state index contributed by atoms with van der Waals surface area (Å²) in [4.78, 5) is 25.6. The first-order valence-corrected chi connectivity index (χ1v) is 9.10. The van der Waals surface area contributed by atoms with Gasteiger partial charge in [-0.05, 0) is 25.5 Å². The molecule has 1 aliphatic heterocycles. The number of H-pyrrole nitrogens is 1. The zero-order valence-electron chi connectivity index (χ0n) is 15.3. The van der Waals surface area contributed by atoms with Gasteiger partial charge in [0.05, 0.1) is 18.3 Å². The van der Waals surface area contributed by atoms with E-state index in [4.69, 9.17) is 4.74 Å². The number of aromatic amines is 1. The average Bonchev–Trinajstić information content (AvgIpc) is 2.97. The monoisotopic (exact) mass is 358 g/mol. The molecular weight excluding hydrogens is 332 g/mol. The number of carboxylic acid groups (broad SMARTS) is 1. The Morgan fingerprint density at radius 3 is 3.00 bits per heavy atom. The number of nitrogens with zero attached hydrogens (tertiary/aromatic N) is 3. The number of imidazole rings is 1. The lowest BCUT2D eigenvalue weighted by molar-refractivity contribution is -0.139. The second-order valence-corrected chi connectivity index (χ2v) is 6.84. The third-order valence-corrected chi connectivity index (χ3v) is 4.85. The van der Waals surface area contributed by atoms with Crippen molar-refractivity contribution in [1.82, 2.24) is 19.9 Å². The minimum Gasteiger partial charge on any atom is -0.488 e. The Kier molecular flexibility index (Phi) is 5.88.